The standard InChI is InChI=1S/C11H14O2/c12-7-8-13-11-4-2-1-3-10(11)9-5-6-9/h1-4,9,12H,5-8H2. The Labute approximate surface area is 78.2 Å². The van der Waals surface area contributed by atoms with Gasteiger partial charge in [0.2, 0.25) is 0 Å². The van der Waals surface area contributed by atoms with E-state index in [1.807, 2.05) is 18.2 Å². The van der Waals surface area contributed by atoms with Crippen LogP contribution in [0.15, 0.2) is 24.3 Å². The van der Waals surface area contributed by atoms with E-state index in [0.29, 0.717) is 12.5 Å². The van der Waals surface area contributed by atoms with E-state index in [4.69, 9.17) is 9.84 Å². The minimum absolute atomic E-state index is 0.0823. The van der Waals surface area contributed by atoms with Gasteiger partial charge in [-0.05, 0) is 30.4 Å². The van der Waals surface area contributed by atoms with Gasteiger partial charge in [0, 0.05) is 0 Å². The molecule has 0 saturated heterocycles. The van der Waals surface area contributed by atoms with Gasteiger partial charge in [-0.15, -0.1) is 0 Å². The van der Waals surface area contributed by atoms with Gasteiger partial charge in [0.15, 0.2) is 0 Å². The van der Waals surface area contributed by atoms with Crippen molar-refractivity contribution in [1.29, 1.82) is 0 Å². The van der Waals surface area contributed by atoms with Crippen molar-refractivity contribution in [1.82, 2.24) is 0 Å². The summed E-state index contributed by atoms with van der Waals surface area (Å²) in [5.41, 5.74) is 1.30. The zero-order valence-electron chi connectivity index (χ0n) is 7.57. The minimum Gasteiger partial charge on any atom is -0.491 e. The van der Waals surface area contributed by atoms with E-state index in [1.54, 1.807) is 0 Å². The van der Waals surface area contributed by atoms with Gasteiger partial charge in [-0.1, -0.05) is 18.2 Å². The molecule has 1 aliphatic rings. The largest absolute Gasteiger partial charge is 0.491 e. The Balaban J connectivity index is 2.12. The van der Waals surface area contributed by atoms with E-state index in [9.17, 15) is 0 Å². The van der Waals surface area contributed by atoms with Crippen molar-refractivity contribution in [3.05, 3.63) is 29.8 Å². The number of rotatable bonds is 4. The van der Waals surface area contributed by atoms with E-state index in [2.05, 4.69) is 6.07 Å². The van der Waals surface area contributed by atoms with Crippen LogP contribution in [0.4, 0.5) is 0 Å². The van der Waals surface area contributed by atoms with Gasteiger partial charge in [0.05, 0.1) is 6.61 Å². The lowest BCUT2D eigenvalue weighted by molar-refractivity contribution is 0.200. The van der Waals surface area contributed by atoms with Crippen molar-refractivity contribution in [3.63, 3.8) is 0 Å². The number of aliphatic hydroxyl groups excluding tert-OH is 1. The van der Waals surface area contributed by atoms with Gasteiger partial charge in [-0.2, -0.15) is 0 Å². The summed E-state index contributed by atoms with van der Waals surface area (Å²) in [6, 6.07) is 8.10. The van der Waals surface area contributed by atoms with Crippen LogP contribution in [0.5, 0.6) is 5.75 Å². The van der Waals surface area contributed by atoms with Gasteiger partial charge in [-0.3, -0.25) is 0 Å². The van der Waals surface area contributed by atoms with Crippen LogP contribution in [0.1, 0.15) is 24.3 Å². The number of hydrogen-bond donors (Lipinski definition) is 1. The first kappa shape index (κ1) is 8.57. The summed E-state index contributed by atoms with van der Waals surface area (Å²) in [5.74, 6) is 1.65. The van der Waals surface area contributed by atoms with Gasteiger partial charge < -0.3 is 9.84 Å². The van der Waals surface area contributed by atoms with Gasteiger partial charge in [0.1, 0.15) is 12.4 Å². The SMILES string of the molecule is OCCOc1ccccc1C1CC1. The van der Waals surface area contributed by atoms with Crippen molar-refractivity contribution in [2.75, 3.05) is 13.2 Å². The molecule has 0 heterocycles. The Morgan fingerprint density at radius 2 is 2.08 bits per heavy atom. The summed E-state index contributed by atoms with van der Waals surface area (Å²) in [4.78, 5) is 0. The summed E-state index contributed by atoms with van der Waals surface area (Å²) in [6.45, 7) is 0.475. The molecule has 0 unspecified atom stereocenters. The zero-order valence-corrected chi connectivity index (χ0v) is 7.57. The first-order chi connectivity index (χ1) is 6.42. The fourth-order valence-electron chi connectivity index (χ4n) is 1.50. The Morgan fingerprint density at radius 3 is 2.77 bits per heavy atom. The molecular formula is C11H14O2. The Hall–Kier alpha value is -1.02. The van der Waals surface area contributed by atoms with Crippen molar-refractivity contribution in [3.8, 4) is 5.75 Å². The smallest absolute Gasteiger partial charge is 0.122 e. The second-order valence-electron chi connectivity index (χ2n) is 3.38. The molecule has 0 spiro atoms. The van der Waals surface area contributed by atoms with Crippen LogP contribution in [-0.2, 0) is 0 Å². The van der Waals surface area contributed by atoms with Gasteiger partial charge >= 0.3 is 0 Å². The monoisotopic (exact) mass is 178 g/mol. The van der Waals surface area contributed by atoms with Crippen LogP contribution < -0.4 is 4.74 Å². The third-order valence-corrected chi connectivity index (χ3v) is 2.29. The highest BCUT2D eigenvalue weighted by Gasteiger charge is 2.26. The molecule has 0 amide bonds. The van der Waals surface area contributed by atoms with Crippen LogP contribution in [-0.4, -0.2) is 18.3 Å². The fourth-order valence-corrected chi connectivity index (χ4v) is 1.50. The normalized spacial score (nSPS) is 15.8. The molecule has 0 aliphatic heterocycles. The second-order valence-corrected chi connectivity index (χ2v) is 3.38. The maximum absolute atomic E-state index is 8.65. The second kappa shape index (κ2) is 3.79. The molecule has 2 rings (SSSR count). The van der Waals surface area contributed by atoms with E-state index in [-0.39, 0.29) is 6.61 Å². The summed E-state index contributed by atoms with van der Waals surface area (Å²) in [5, 5.41) is 8.65. The third kappa shape index (κ3) is 2.01. The highest BCUT2D eigenvalue weighted by Crippen LogP contribution is 2.43. The summed E-state index contributed by atoms with van der Waals surface area (Å²) >= 11 is 0. The van der Waals surface area contributed by atoms with Gasteiger partial charge in [0.25, 0.3) is 0 Å². The maximum atomic E-state index is 8.65. The highest BCUT2D eigenvalue weighted by atomic mass is 16.5. The molecular weight excluding hydrogens is 164 g/mol. The number of hydrogen-bond acceptors (Lipinski definition) is 2. The van der Waals surface area contributed by atoms with E-state index >= 15 is 0 Å². The maximum Gasteiger partial charge on any atom is 0.122 e. The molecule has 0 radical (unpaired) electrons. The lowest BCUT2D eigenvalue weighted by Crippen LogP contribution is -2.03. The lowest BCUT2D eigenvalue weighted by Gasteiger charge is -2.08. The predicted octanol–water partition coefficient (Wildman–Crippen LogP) is 1.94. The molecule has 1 N–H and O–H groups in total. The molecule has 1 saturated carbocycles. The lowest BCUT2D eigenvalue weighted by atomic mass is 10.1. The zero-order chi connectivity index (χ0) is 9.10. The van der Waals surface area contributed by atoms with E-state index in [0.717, 1.165) is 5.75 Å². The molecule has 1 aromatic carbocycles. The first-order valence-electron chi connectivity index (χ1n) is 4.74. The molecule has 1 aliphatic carbocycles. The van der Waals surface area contributed by atoms with E-state index in [1.165, 1.54) is 18.4 Å². The molecule has 13 heavy (non-hydrogen) atoms. The van der Waals surface area contributed by atoms with Gasteiger partial charge in [-0.25, -0.2) is 0 Å². The van der Waals surface area contributed by atoms with Crippen molar-refractivity contribution in [2.45, 2.75) is 18.8 Å². The van der Waals surface area contributed by atoms with Crippen molar-refractivity contribution < 1.29 is 9.84 Å². The Kier molecular flexibility index (Phi) is 2.50. The summed E-state index contributed by atoms with van der Waals surface area (Å²) < 4.78 is 5.44. The predicted molar refractivity (Wildman–Crippen MR) is 51.0 cm³/mol. The average Bonchev–Trinajstić information content (AvgIpc) is 2.98. The Bertz CT molecular complexity index is 279. The summed E-state index contributed by atoms with van der Waals surface area (Å²) in [7, 11) is 0. The number of para-hydroxylation sites is 1. The van der Waals surface area contributed by atoms with Crippen LogP contribution in [0.25, 0.3) is 0 Å². The molecule has 0 aromatic heterocycles. The molecule has 0 atom stereocenters. The molecule has 2 heteroatoms. The fraction of sp³-hybridized carbons (Fsp3) is 0.455. The molecule has 2 nitrogen and oxygen atoms in total. The third-order valence-electron chi connectivity index (χ3n) is 2.29. The number of ether oxygens (including phenoxy) is 1. The van der Waals surface area contributed by atoms with Crippen LogP contribution in [0, 0.1) is 0 Å². The quantitative estimate of drug-likeness (QED) is 0.763. The minimum atomic E-state index is 0.0823. The molecule has 0 bridgehead atoms. The average molecular weight is 178 g/mol. The number of aliphatic hydroxyl groups is 1. The van der Waals surface area contributed by atoms with Crippen molar-refractivity contribution >= 4 is 0 Å². The van der Waals surface area contributed by atoms with Crippen molar-refractivity contribution in [2.24, 2.45) is 0 Å². The van der Waals surface area contributed by atoms with Crippen LogP contribution >= 0.6 is 0 Å². The summed E-state index contributed by atoms with van der Waals surface area (Å²) in [6.07, 6.45) is 2.55. The highest BCUT2D eigenvalue weighted by molar-refractivity contribution is 5.38. The van der Waals surface area contributed by atoms with E-state index < -0.39 is 0 Å². The Morgan fingerprint density at radius 1 is 1.31 bits per heavy atom. The molecule has 1 aromatic rings. The van der Waals surface area contributed by atoms with Crippen LogP contribution in [0.2, 0.25) is 0 Å². The number of benzene rings is 1. The molecule has 70 valence electrons. The van der Waals surface area contributed by atoms with Crippen LogP contribution in [0.3, 0.4) is 0 Å². The topological polar surface area (TPSA) is 29.5 Å². The first-order valence-corrected chi connectivity index (χ1v) is 4.74. The molecule has 1 fully saturated rings.